The van der Waals surface area contributed by atoms with Gasteiger partial charge in [0.25, 0.3) is 5.91 Å². The second-order valence-corrected chi connectivity index (χ2v) is 5.60. The van der Waals surface area contributed by atoms with E-state index in [2.05, 4.69) is 10.4 Å². The van der Waals surface area contributed by atoms with Crippen LogP contribution in [0.2, 0.25) is 0 Å². The fraction of sp³-hybridized carbons (Fsp3) is 0.158. The molecule has 0 unspecified atom stereocenters. The van der Waals surface area contributed by atoms with Crippen LogP contribution >= 0.6 is 0 Å². The summed E-state index contributed by atoms with van der Waals surface area (Å²) < 4.78 is 1.85. The Morgan fingerprint density at radius 2 is 1.87 bits per heavy atom. The lowest BCUT2D eigenvalue weighted by atomic mass is 10.1. The predicted molar refractivity (Wildman–Crippen MR) is 91.6 cm³/mol. The molecule has 0 saturated heterocycles. The standard InChI is InChI=1S/C19H19N3O/c1-14-5-3-6-18(15(14)2)21-19(23)17-9-7-16(8-10-17)13-22-12-4-11-20-22/h3-12H,13H2,1-2H3,(H,21,23). The Morgan fingerprint density at radius 3 is 2.57 bits per heavy atom. The second kappa shape index (κ2) is 6.48. The van der Waals surface area contributed by atoms with Crippen LogP contribution in [-0.4, -0.2) is 15.7 Å². The van der Waals surface area contributed by atoms with Crippen LogP contribution in [0, 0.1) is 13.8 Å². The van der Waals surface area contributed by atoms with Crippen molar-refractivity contribution in [1.29, 1.82) is 0 Å². The van der Waals surface area contributed by atoms with E-state index in [9.17, 15) is 4.79 Å². The van der Waals surface area contributed by atoms with Crippen molar-refractivity contribution < 1.29 is 4.79 Å². The lowest BCUT2D eigenvalue weighted by Crippen LogP contribution is -2.13. The van der Waals surface area contributed by atoms with Crippen LogP contribution in [-0.2, 0) is 6.54 Å². The molecule has 2 aromatic carbocycles. The van der Waals surface area contributed by atoms with Gasteiger partial charge in [0.05, 0.1) is 6.54 Å². The van der Waals surface area contributed by atoms with E-state index >= 15 is 0 Å². The molecule has 3 rings (SSSR count). The average Bonchev–Trinajstić information content (AvgIpc) is 3.05. The number of anilines is 1. The van der Waals surface area contributed by atoms with Gasteiger partial charge in [0.2, 0.25) is 0 Å². The monoisotopic (exact) mass is 305 g/mol. The number of carbonyl (C=O) groups excluding carboxylic acids is 1. The smallest absolute Gasteiger partial charge is 0.255 e. The van der Waals surface area contributed by atoms with Crippen LogP contribution in [0.25, 0.3) is 0 Å². The Labute approximate surface area is 135 Å². The van der Waals surface area contributed by atoms with Crippen molar-refractivity contribution in [3.8, 4) is 0 Å². The van der Waals surface area contributed by atoms with Crippen LogP contribution in [0.4, 0.5) is 5.69 Å². The molecule has 4 heteroatoms. The summed E-state index contributed by atoms with van der Waals surface area (Å²) in [5.41, 5.74) is 4.87. The first-order chi connectivity index (χ1) is 11.1. The normalized spacial score (nSPS) is 10.5. The Balaban J connectivity index is 1.71. The van der Waals surface area contributed by atoms with E-state index in [4.69, 9.17) is 0 Å². The van der Waals surface area contributed by atoms with E-state index in [1.54, 1.807) is 6.20 Å². The van der Waals surface area contributed by atoms with Crippen molar-refractivity contribution in [1.82, 2.24) is 9.78 Å². The van der Waals surface area contributed by atoms with Crippen molar-refractivity contribution in [2.75, 3.05) is 5.32 Å². The SMILES string of the molecule is Cc1cccc(NC(=O)c2ccc(Cn3cccn3)cc2)c1C. The molecular weight excluding hydrogens is 286 g/mol. The summed E-state index contributed by atoms with van der Waals surface area (Å²) in [5.74, 6) is -0.0932. The number of hydrogen-bond donors (Lipinski definition) is 1. The molecule has 0 fully saturated rings. The van der Waals surface area contributed by atoms with E-state index in [0.29, 0.717) is 12.1 Å². The van der Waals surface area contributed by atoms with E-state index in [1.165, 1.54) is 0 Å². The minimum Gasteiger partial charge on any atom is -0.322 e. The summed E-state index contributed by atoms with van der Waals surface area (Å²) in [5, 5.41) is 7.16. The van der Waals surface area contributed by atoms with Crippen molar-refractivity contribution in [3.05, 3.63) is 83.2 Å². The van der Waals surface area contributed by atoms with Crippen LogP contribution in [0.15, 0.2) is 60.9 Å². The molecule has 3 aromatic rings. The zero-order valence-electron chi connectivity index (χ0n) is 13.3. The molecule has 0 bridgehead atoms. The van der Waals surface area contributed by atoms with Gasteiger partial charge in [0, 0.05) is 23.6 Å². The minimum absolute atomic E-state index is 0.0932. The lowest BCUT2D eigenvalue weighted by Gasteiger charge is -2.10. The lowest BCUT2D eigenvalue weighted by molar-refractivity contribution is 0.102. The number of benzene rings is 2. The molecule has 23 heavy (non-hydrogen) atoms. The number of aryl methyl sites for hydroxylation is 1. The number of nitrogens with one attached hydrogen (secondary N) is 1. The number of hydrogen-bond acceptors (Lipinski definition) is 2. The largest absolute Gasteiger partial charge is 0.322 e. The van der Waals surface area contributed by atoms with Gasteiger partial charge in [-0.2, -0.15) is 5.10 Å². The van der Waals surface area contributed by atoms with Crippen LogP contribution < -0.4 is 5.32 Å². The van der Waals surface area contributed by atoms with Gasteiger partial charge in [-0.1, -0.05) is 24.3 Å². The molecule has 0 aliphatic carbocycles. The summed E-state index contributed by atoms with van der Waals surface area (Å²) in [6.07, 6.45) is 3.67. The van der Waals surface area contributed by atoms with Gasteiger partial charge in [0.15, 0.2) is 0 Å². The Bertz CT molecular complexity index is 805. The van der Waals surface area contributed by atoms with E-state index < -0.39 is 0 Å². The topological polar surface area (TPSA) is 46.9 Å². The third kappa shape index (κ3) is 3.48. The number of aromatic nitrogens is 2. The highest BCUT2D eigenvalue weighted by molar-refractivity contribution is 6.04. The predicted octanol–water partition coefficient (Wildman–Crippen LogP) is 3.80. The molecule has 0 spiro atoms. The summed E-state index contributed by atoms with van der Waals surface area (Å²) in [6.45, 7) is 4.75. The van der Waals surface area contributed by atoms with Crippen LogP contribution in [0.3, 0.4) is 0 Å². The first kappa shape index (κ1) is 15.0. The maximum Gasteiger partial charge on any atom is 0.255 e. The van der Waals surface area contributed by atoms with Gasteiger partial charge in [-0.3, -0.25) is 9.48 Å². The fourth-order valence-corrected chi connectivity index (χ4v) is 2.42. The molecule has 1 aromatic heterocycles. The first-order valence-electron chi connectivity index (χ1n) is 7.57. The van der Waals surface area contributed by atoms with Crippen molar-refractivity contribution in [2.45, 2.75) is 20.4 Å². The molecule has 1 amide bonds. The summed E-state index contributed by atoms with van der Waals surface area (Å²) >= 11 is 0. The third-order valence-electron chi connectivity index (χ3n) is 3.97. The van der Waals surface area contributed by atoms with Gasteiger partial charge in [-0.25, -0.2) is 0 Å². The van der Waals surface area contributed by atoms with Gasteiger partial charge in [-0.15, -0.1) is 0 Å². The molecule has 1 N–H and O–H groups in total. The van der Waals surface area contributed by atoms with Gasteiger partial charge >= 0.3 is 0 Å². The molecular formula is C19H19N3O. The van der Waals surface area contributed by atoms with Crippen LogP contribution in [0.5, 0.6) is 0 Å². The summed E-state index contributed by atoms with van der Waals surface area (Å²) in [7, 11) is 0. The maximum atomic E-state index is 12.4. The highest BCUT2D eigenvalue weighted by Gasteiger charge is 2.08. The summed E-state index contributed by atoms with van der Waals surface area (Å²) in [4.78, 5) is 12.4. The highest BCUT2D eigenvalue weighted by Crippen LogP contribution is 2.19. The van der Waals surface area contributed by atoms with E-state index in [-0.39, 0.29) is 5.91 Å². The van der Waals surface area contributed by atoms with Crippen molar-refractivity contribution >= 4 is 11.6 Å². The molecule has 4 nitrogen and oxygen atoms in total. The number of rotatable bonds is 4. The quantitative estimate of drug-likeness (QED) is 0.797. The third-order valence-corrected chi connectivity index (χ3v) is 3.97. The Kier molecular flexibility index (Phi) is 4.24. The molecule has 0 saturated carbocycles. The average molecular weight is 305 g/mol. The Morgan fingerprint density at radius 1 is 1.09 bits per heavy atom. The number of nitrogens with zero attached hydrogens (tertiary/aromatic N) is 2. The Hall–Kier alpha value is -2.88. The minimum atomic E-state index is -0.0932. The molecule has 116 valence electrons. The first-order valence-corrected chi connectivity index (χ1v) is 7.57. The van der Waals surface area contributed by atoms with Gasteiger partial charge < -0.3 is 5.32 Å². The highest BCUT2D eigenvalue weighted by atomic mass is 16.1. The van der Waals surface area contributed by atoms with Gasteiger partial charge in [-0.05, 0) is 54.8 Å². The molecule has 0 atom stereocenters. The number of amides is 1. The molecule has 0 aliphatic heterocycles. The number of carbonyl (C=O) groups is 1. The maximum absolute atomic E-state index is 12.4. The summed E-state index contributed by atoms with van der Waals surface area (Å²) in [6, 6.07) is 15.4. The zero-order valence-corrected chi connectivity index (χ0v) is 13.3. The van der Waals surface area contributed by atoms with Crippen molar-refractivity contribution in [3.63, 3.8) is 0 Å². The van der Waals surface area contributed by atoms with E-state index in [0.717, 1.165) is 22.4 Å². The zero-order chi connectivity index (χ0) is 16.2. The van der Waals surface area contributed by atoms with Crippen molar-refractivity contribution in [2.24, 2.45) is 0 Å². The van der Waals surface area contributed by atoms with E-state index in [1.807, 2.05) is 73.3 Å². The second-order valence-electron chi connectivity index (χ2n) is 5.60. The van der Waals surface area contributed by atoms with Gasteiger partial charge in [0.1, 0.15) is 0 Å². The molecule has 1 heterocycles. The molecule has 0 aliphatic rings. The van der Waals surface area contributed by atoms with Crippen LogP contribution in [0.1, 0.15) is 27.0 Å². The fourth-order valence-electron chi connectivity index (χ4n) is 2.42. The molecule has 0 radical (unpaired) electrons.